The normalized spacial score (nSPS) is 17.4. The van der Waals surface area contributed by atoms with Crippen molar-refractivity contribution in [2.24, 2.45) is 5.41 Å². The molecule has 2 heterocycles. The molecule has 212 valence electrons. The number of carbonyl (C=O) groups is 2. The summed E-state index contributed by atoms with van der Waals surface area (Å²) in [6.45, 7) is 7.46. The minimum atomic E-state index is -4.26. The van der Waals surface area contributed by atoms with Crippen molar-refractivity contribution in [3.8, 4) is 0 Å². The lowest BCUT2D eigenvalue weighted by Gasteiger charge is -2.28. The summed E-state index contributed by atoms with van der Waals surface area (Å²) in [4.78, 5) is 25.4. The summed E-state index contributed by atoms with van der Waals surface area (Å²) in [7, 11) is -4.26. The van der Waals surface area contributed by atoms with Crippen molar-refractivity contribution in [3.63, 3.8) is 0 Å². The van der Waals surface area contributed by atoms with Gasteiger partial charge in [0.2, 0.25) is 5.91 Å². The van der Waals surface area contributed by atoms with Crippen LogP contribution in [0.2, 0.25) is 5.02 Å². The van der Waals surface area contributed by atoms with Gasteiger partial charge in [-0.1, -0.05) is 50.6 Å². The van der Waals surface area contributed by atoms with Crippen molar-refractivity contribution in [1.82, 2.24) is 14.5 Å². The third-order valence-corrected chi connectivity index (χ3v) is 9.51. The fraction of sp³-hybridized carbons (Fsp3) is 0.414. The Labute approximate surface area is 237 Å². The number of nitrogens with zero attached hydrogens (tertiary/aromatic N) is 2. The first-order valence-corrected chi connectivity index (χ1v) is 15.0. The summed E-state index contributed by atoms with van der Waals surface area (Å²) in [6.07, 6.45) is 1.76. The highest BCUT2D eigenvalue weighted by atomic mass is 35.5. The van der Waals surface area contributed by atoms with Crippen LogP contribution in [0.5, 0.6) is 0 Å². The van der Waals surface area contributed by atoms with Crippen LogP contribution in [-0.4, -0.2) is 29.9 Å². The van der Waals surface area contributed by atoms with E-state index in [1.54, 1.807) is 20.8 Å². The monoisotopic (exact) mass is 589 g/mol. The Morgan fingerprint density at radius 1 is 1.23 bits per heavy atom. The fourth-order valence-corrected chi connectivity index (χ4v) is 6.43. The van der Waals surface area contributed by atoms with Gasteiger partial charge in [-0.05, 0) is 59.6 Å². The summed E-state index contributed by atoms with van der Waals surface area (Å²) in [6, 6.07) is 7.61. The van der Waals surface area contributed by atoms with Gasteiger partial charge in [0.15, 0.2) is 5.03 Å². The number of benzene rings is 2. The zero-order chi connectivity index (χ0) is 29.1. The van der Waals surface area contributed by atoms with Gasteiger partial charge in [0.25, 0.3) is 10.0 Å². The molecule has 7 nitrogen and oxygen atoms in total. The Bertz CT molecular complexity index is 1660. The first kappa shape index (κ1) is 28.4. The summed E-state index contributed by atoms with van der Waals surface area (Å²) in [5.41, 5.74) is 3.30. The number of fused-ring (bicyclic) bond motifs is 1. The summed E-state index contributed by atoms with van der Waals surface area (Å²) < 4.78 is 58.1. The molecule has 5 rings (SSSR count). The van der Waals surface area contributed by atoms with Gasteiger partial charge in [0.1, 0.15) is 22.4 Å². The van der Waals surface area contributed by atoms with E-state index in [-0.39, 0.29) is 41.7 Å². The Kier molecular flexibility index (Phi) is 7.15. The molecule has 1 N–H and O–H groups in total. The zero-order valence-corrected chi connectivity index (χ0v) is 24.2. The number of aromatic nitrogens is 2. The van der Waals surface area contributed by atoms with Gasteiger partial charge in [-0.3, -0.25) is 14.3 Å². The quantitative estimate of drug-likeness (QED) is 0.375. The van der Waals surface area contributed by atoms with Crippen LogP contribution in [0.15, 0.2) is 35.4 Å². The van der Waals surface area contributed by atoms with Crippen LogP contribution in [0.4, 0.5) is 8.78 Å². The number of amides is 1. The maximum Gasteiger partial charge on any atom is 0.283 e. The lowest BCUT2D eigenvalue weighted by molar-refractivity contribution is -0.128. The number of hydrogen-bond donors (Lipinski definition) is 1. The molecule has 2 aromatic carbocycles. The molecule has 0 bridgehead atoms. The first-order chi connectivity index (χ1) is 18.7. The van der Waals surface area contributed by atoms with E-state index in [2.05, 4.69) is 9.82 Å². The van der Waals surface area contributed by atoms with Crippen LogP contribution in [-0.2, 0) is 39.0 Å². The van der Waals surface area contributed by atoms with Gasteiger partial charge >= 0.3 is 0 Å². The molecule has 1 aromatic heterocycles. The largest absolute Gasteiger partial charge is 0.299 e. The van der Waals surface area contributed by atoms with Crippen LogP contribution in [0.1, 0.15) is 79.0 Å². The van der Waals surface area contributed by atoms with E-state index < -0.39 is 43.9 Å². The standard InChI is InChI=1S/C29H30ClF2N3O4S/c1-15-9-18(16(2)20-7-8-23(31)27(30)28(20)32)10-22(17-5-6-17)21(15)13-25(37)34-40(38,39)26-12-19-11-24(36)29(3,4)14-35(19)33-26/h7-10,12,16-17H,5-6,11,13-14H2,1-4H3,(H,34,37). The first-order valence-electron chi connectivity index (χ1n) is 13.1. The Morgan fingerprint density at radius 2 is 1.93 bits per heavy atom. The van der Waals surface area contributed by atoms with Gasteiger partial charge in [-0.25, -0.2) is 13.5 Å². The number of halogens is 3. The van der Waals surface area contributed by atoms with Crippen molar-refractivity contribution < 1.29 is 26.8 Å². The van der Waals surface area contributed by atoms with E-state index in [1.807, 2.05) is 19.1 Å². The highest BCUT2D eigenvalue weighted by Gasteiger charge is 2.36. The molecule has 0 radical (unpaired) electrons. The number of nitrogens with one attached hydrogen (secondary N) is 1. The maximum absolute atomic E-state index is 14.7. The molecular formula is C29H30ClF2N3O4S. The number of hydrogen-bond acceptors (Lipinski definition) is 5. The molecule has 0 saturated heterocycles. The number of Topliss-reactive ketones (excluding diaryl/α,β-unsaturated/α-hetero) is 1. The number of carbonyl (C=O) groups excluding carboxylic acids is 2. The lowest BCUT2D eigenvalue weighted by Crippen LogP contribution is -2.37. The van der Waals surface area contributed by atoms with Crippen LogP contribution < -0.4 is 4.72 Å². The Hall–Kier alpha value is -3.11. The number of rotatable bonds is 7. The summed E-state index contributed by atoms with van der Waals surface area (Å²) in [5, 5.41) is 3.31. The fourth-order valence-electron chi connectivity index (χ4n) is 5.28. The van der Waals surface area contributed by atoms with Crippen LogP contribution in [0.25, 0.3) is 0 Å². The number of ketones is 1. The van der Waals surface area contributed by atoms with Crippen LogP contribution in [0.3, 0.4) is 0 Å². The van der Waals surface area contributed by atoms with E-state index in [0.717, 1.165) is 41.2 Å². The van der Waals surface area contributed by atoms with Gasteiger partial charge in [-0.15, -0.1) is 0 Å². The van der Waals surface area contributed by atoms with Crippen molar-refractivity contribution in [2.45, 2.75) is 76.8 Å². The van der Waals surface area contributed by atoms with E-state index >= 15 is 0 Å². The third-order valence-electron chi connectivity index (χ3n) is 7.92. The van der Waals surface area contributed by atoms with Crippen molar-refractivity contribution >= 4 is 33.3 Å². The van der Waals surface area contributed by atoms with Crippen LogP contribution >= 0.6 is 11.6 Å². The van der Waals surface area contributed by atoms with Gasteiger partial charge in [0, 0.05) is 29.5 Å². The molecule has 2 aliphatic rings. The van der Waals surface area contributed by atoms with Crippen LogP contribution in [0, 0.1) is 24.0 Å². The van der Waals surface area contributed by atoms with Gasteiger partial charge in [0.05, 0.1) is 13.0 Å². The summed E-state index contributed by atoms with van der Waals surface area (Å²) >= 11 is 5.80. The zero-order valence-electron chi connectivity index (χ0n) is 22.6. The molecule has 1 saturated carbocycles. The van der Waals surface area contributed by atoms with E-state index in [4.69, 9.17) is 11.6 Å². The van der Waals surface area contributed by atoms with Crippen molar-refractivity contribution in [1.29, 1.82) is 0 Å². The molecule has 1 fully saturated rings. The number of sulfonamides is 1. The lowest BCUT2D eigenvalue weighted by atomic mass is 9.83. The third kappa shape index (κ3) is 5.31. The Morgan fingerprint density at radius 3 is 2.60 bits per heavy atom. The molecule has 0 spiro atoms. The molecule has 1 aliphatic carbocycles. The SMILES string of the molecule is Cc1cc(C(C)c2ccc(F)c(Cl)c2F)cc(C2CC2)c1CC(=O)NS(=O)(=O)c1cc2n(n1)CC(C)(C)C(=O)C2. The summed E-state index contributed by atoms with van der Waals surface area (Å²) in [5.74, 6) is -2.55. The second-order valence-corrected chi connectivity index (χ2v) is 13.5. The Balaban J connectivity index is 1.38. The molecule has 1 atom stereocenters. The second kappa shape index (κ2) is 10.1. The second-order valence-electron chi connectivity index (χ2n) is 11.5. The average Bonchev–Trinajstić information content (AvgIpc) is 3.63. The predicted molar refractivity (Wildman–Crippen MR) is 146 cm³/mol. The van der Waals surface area contributed by atoms with Gasteiger partial charge in [-0.2, -0.15) is 13.5 Å². The molecule has 11 heteroatoms. The smallest absolute Gasteiger partial charge is 0.283 e. The van der Waals surface area contributed by atoms with Crippen molar-refractivity contribution in [3.05, 3.63) is 80.5 Å². The van der Waals surface area contributed by atoms with E-state index in [0.29, 0.717) is 5.69 Å². The topological polar surface area (TPSA) is 98.1 Å². The molecule has 1 aliphatic heterocycles. The molecule has 1 unspecified atom stereocenters. The highest BCUT2D eigenvalue weighted by molar-refractivity contribution is 7.90. The number of aryl methyl sites for hydroxylation is 1. The van der Waals surface area contributed by atoms with Crippen molar-refractivity contribution in [2.75, 3.05) is 0 Å². The minimum absolute atomic E-state index is 0.000932. The maximum atomic E-state index is 14.7. The van der Waals surface area contributed by atoms with Gasteiger partial charge < -0.3 is 0 Å². The molecule has 3 aromatic rings. The molecular weight excluding hydrogens is 560 g/mol. The molecule has 40 heavy (non-hydrogen) atoms. The predicted octanol–water partition coefficient (Wildman–Crippen LogP) is 5.35. The average molecular weight is 590 g/mol. The molecule has 1 amide bonds. The van der Waals surface area contributed by atoms with E-state index in [9.17, 15) is 26.8 Å². The minimum Gasteiger partial charge on any atom is -0.299 e. The highest BCUT2D eigenvalue weighted by Crippen LogP contribution is 2.44. The van der Waals surface area contributed by atoms with E-state index in [1.165, 1.54) is 16.8 Å².